The van der Waals surface area contributed by atoms with Gasteiger partial charge >= 0.3 is 0 Å². The first-order valence-electron chi connectivity index (χ1n) is 16.1. The van der Waals surface area contributed by atoms with Crippen molar-refractivity contribution in [3.8, 4) is 56.4 Å². The molecule has 0 saturated heterocycles. The summed E-state index contributed by atoms with van der Waals surface area (Å²) in [6.07, 6.45) is 0. The topological polar surface area (TPSA) is 56.2 Å². The van der Waals surface area contributed by atoms with E-state index in [1.807, 2.05) is 12.1 Å². The zero-order valence-electron chi connectivity index (χ0n) is 26.6. The lowest BCUT2D eigenvalue weighted by atomic mass is 9.99. The summed E-state index contributed by atoms with van der Waals surface area (Å²) in [5.74, 6) is 1.97. The third-order valence-corrected chi connectivity index (χ3v) is 9.05. The van der Waals surface area contributed by atoms with Gasteiger partial charge in [-0.3, -0.25) is 4.40 Å². The standard InChI is InChI=1S/C43H30N4O/c1-27-11-15-32(16-12-27)40-44-41(33-17-13-28(2)14-18-33)46-42(45-40)34-25-21-30(22-26-34)29-19-23-31(24-20-29)39-35-7-3-4-8-36(35)47-37-9-5-6-10-38(37)48-43(39)47/h3-26H,1-2H3. The van der Waals surface area contributed by atoms with Crippen molar-refractivity contribution in [2.45, 2.75) is 13.8 Å². The smallest absolute Gasteiger partial charge is 0.213 e. The molecule has 6 aromatic carbocycles. The fourth-order valence-corrected chi connectivity index (χ4v) is 6.47. The second-order valence-corrected chi connectivity index (χ2v) is 12.3. The normalized spacial score (nSPS) is 11.5. The number of fused-ring (bicyclic) bond motifs is 5. The Morgan fingerprint density at radius 3 is 1.38 bits per heavy atom. The Kier molecular flexibility index (Phi) is 6.51. The maximum Gasteiger partial charge on any atom is 0.213 e. The molecule has 9 rings (SSSR count). The summed E-state index contributed by atoms with van der Waals surface area (Å²) in [6, 6.07) is 50.5. The van der Waals surface area contributed by atoms with Crippen LogP contribution >= 0.6 is 0 Å². The van der Waals surface area contributed by atoms with E-state index in [2.05, 4.69) is 152 Å². The number of hydrogen-bond donors (Lipinski definition) is 0. The van der Waals surface area contributed by atoms with Gasteiger partial charge in [-0.05, 0) is 48.7 Å². The van der Waals surface area contributed by atoms with Crippen LogP contribution in [-0.4, -0.2) is 19.4 Å². The SMILES string of the molecule is Cc1ccc(-c2nc(-c3ccc(C)cc3)nc(-c3ccc(-c4ccc(-c5c6ccccc6n6c5oc5ccccc56)cc4)cc3)n2)cc1. The van der Waals surface area contributed by atoms with Crippen molar-refractivity contribution in [1.29, 1.82) is 0 Å². The van der Waals surface area contributed by atoms with E-state index >= 15 is 0 Å². The van der Waals surface area contributed by atoms with Crippen LogP contribution in [0, 0.1) is 13.8 Å². The van der Waals surface area contributed by atoms with Crippen molar-refractivity contribution in [2.24, 2.45) is 0 Å². The van der Waals surface area contributed by atoms with Gasteiger partial charge in [0.15, 0.2) is 23.1 Å². The second kappa shape index (κ2) is 11.2. The minimum Gasteiger partial charge on any atom is -0.438 e. The van der Waals surface area contributed by atoms with Gasteiger partial charge in [0, 0.05) is 22.1 Å². The molecule has 0 aliphatic carbocycles. The van der Waals surface area contributed by atoms with Gasteiger partial charge in [-0.1, -0.05) is 139 Å². The molecule has 0 unspecified atom stereocenters. The van der Waals surface area contributed by atoms with Crippen LogP contribution in [0.2, 0.25) is 0 Å². The molecule has 3 heterocycles. The van der Waals surface area contributed by atoms with Gasteiger partial charge in [-0.15, -0.1) is 0 Å². The Bertz CT molecular complexity index is 2530. The van der Waals surface area contributed by atoms with E-state index in [9.17, 15) is 0 Å². The first-order valence-corrected chi connectivity index (χ1v) is 16.1. The van der Waals surface area contributed by atoms with Gasteiger partial charge < -0.3 is 4.42 Å². The molecule has 0 atom stereocenters. The van der Waals surface area contributed by atoms with E-state index in [4.69, 9.17) is 19.4 Å². The van der Waals surface area contributed by atoms with Crippen LogP contribution in [0.3, 0.4) is 0 Å². The van der Waals surface area contributed by atoms with Gasteiger partial charge in [0.2, 0.25) is 5.71 Å². The lowest BCUT2D eigenvalue weighted by molar-refractivity contribution is 0.658. The van der Waals surface area contributed by atoms with E-state index in [0.717, 1.165) is 61.3 Å². The summed E-state index contributed by atoms with van der Waals surface area (Å²) in [4.78, 5) is 14.7. The molecule has 0 bridgehead atoms. The number of aromatic nitrogens is 4. The van der Waals surface area contributed by atoms with Gasteiger partial charge in [0.05, 0.1) is 16.6 Å². The Labute approximate surface area is 277 Å². The van der Waals surface area contributed by atoms with E-state index in [-0.39, 0.29) is 0 Å². The van der Waals surface area contributed by atoms with Crippen LogP contribution in [0.25, 0.3) is 84.1 Å². The first kappa shape index (κ1) is 27.9. The van der Waals surface area contributed by atoms with Gasteiger partial charge in [0.25, 0.3) is 0 Å². The van der Waals surface area contributed by atoms with Crippen molar-refractivity contribution in [2.75, 3.05) is 0 Å². The molecule has 0 radical (unpaired) electrons. The van der Waals surface area contributed by atoms with Crippen LogP contribution in [0.4, 0.5) is 0 Å². The van der Waals surface area contributed by atoms with Crippen molar-refractivity contribution in [1.82, 2.24) is 19.4 Å². The molecule has 5 nitrogen and oxygen atoms in total. The molecular formula is C43H30N4O. The monoisotopic (exact) mass is 618 g/mol. The highest BCUT2D eigenvalue weighted by molar-refractivity contribution is 6.07. The second-order valence-electron chi connectivity index (χ2n) is 12.3. The average molecular weight is 619 g/mol. The predicted molar refractivity (Wildman–Crippen MR) is 195 cm³/mol. The quantitative estimate of drug-likeness (QED) is 0.193. The molecule has 0 N–H and O–H groups in total. The minimum atomic E-state index is 0.647. The van der Waals surface area contributed by atoms with E-state index in [1.165, 1.54) is 16.5 Å². The minimum absolute atomic E-state index is 0.647. The highest BCUT2D eigenvalue weighted by Gasteiger charge is 2.19. The summed E-state index contributed by atoms with van der Waals surface area (Å²) in [7, 11) is 0. The van der Waals surface area contributed by atoms with E-state index in [0.29, 0.717) is 17.5 Å². The van der Waals surface area contributed by atoms with Crippen LogP contribution in [0.1, 0.15) is 11.1 Å². The number of hydrogen-bond acceptors (Lipinski definition) is 4. The molecule has 0 amide bonds. The molecular weight excluding hydrogens is 589 g/mol. The molecule has 0 spiro atoms. The molecule has 0 aliphatic heterocycles. The number of oxazole rings is 1. The fraction of sp³-hybridized carbons (Fsp3) is 0.0465. The molecule has 0 saturated carbocycles. The van der Waals surface area contributed by atoms with Crippen LogP contribution in [-0.2, 0) is 0 Å². The molecule has 48 heavy (non-hydrogen) atoms. The summed E-state index contributed by atoms with van der Waals surface area (Å²) in [5, 5.41) is 1.17. The fourth-order valence-electron chi connectivity index (χ4n) is 6.47. The highest BCUT2D eigenvalue weighted by Crippen LogP contribution is 2.39. The van der Waals surface area contributed by atoms with Crippen LogP contribution < -0.4 is 0 Å². The molecule has 228 valence electrons. The number of nitrogens with zero attached hydrogens (tertiary/aromatic N) is 4. The zero-order chi connectivity index (χ0) is 32.2. The number of rotatable bonds is 5. The van der Waals surface area contributed by atoms with Crippen LogP contribution in [0.15, 0.2) is 150 Å². The van der Waals surface area contributed by atoms with E-state index in [1.54, 1.807) is 0 Å². The molecule has 9 aromatic rings. The Morgan fingerprint density at radius 1 is 0.417 bits per heavy atom. The zero-order valence-corrected chi connectivity index (χ0v) is 26.6. The molecule has 0 fully saturated rings. The van der Waals surface area contributed by atoms with E-state index < -0.39 is 0 Å². The number of aryl methyl sites for hydroxylation is 2. The Morgan fingerprint density at radius 2 is 0.833 bits per heavy atom. The van der Waals surface area contributed by atoms with Crippen LogP contribution in [0.5, 0.6) is 0 Å². The average Bonchev–Trinajstić information content (AvgIpc) is 3.67. The van der Waals surface area contributed by atoms with Crippen molar-refractivity contribution < 1.29 is 4.42 Å². The lowest BCUT2D eigenvalue weighted by Crippen LogP contribution is -2.00. The largest absolute Gasteiger partial charge is 0.438 e. The Hall–Kier alpha value is -6.33. The highest BCUT2D eigenvalue weighted by atomic mass is 16.3. The lowest BCUT2D eigenvalue weighted by Gasteiger charge is -2.10. The van der Waals surface area contributed by atoms with Crippen molar-refractivity contribution in [3.05, 3.63) is 157 Å². The van der Waals surface area contributed by atoms with Gasteiger partial charge in [-0.2, -0.15) is 0 Å². The molecule has 3 aromatic heterocycles. The number of benzene rings is 6. The number of para-hydroxylation sites is 3. The third kappa shape index (κ3) is 4.76. The maximum atomic E-state index is 6.42. The van der Waals surface area contributed by atoms with Crippen molar-refractivity contribution >= 4 is 27.7 Å². The third-order valence-electron chi connectivity index (χ3n) is 9.05. The Balaban J connectivity index is 1.08. The summed E-state index contributed by atoms with van der Waals surface area (Å²) < 4.78 is 8.65. The first-order chi connectivity index (χ1) is 23.6. The molecule has 0 aliphatic rings. The summed E-state index contributed by atoms with van der Waals surface area (Å²) >= 11 is 0. The predicted octanol–water partition coefficient (Wildman–Crippen LogP) is 11.0. The van der Waals surface area contributed by atoms with Gasteiger partial charge in [0.1, 0.15) is 0 Å². The summed E-state index contributed by atoms with van der Waals surface area (Å²) in [6.45, 7) is 4.16. The maximum absolute atomic E-state index is 6.42. The van der Waals surface area contributed by atoms with Gasteiger partial charge in [-0.25, -0.2) is 15.0 Å². The van der Waals surface area contributed by atoms with Crippen molar-refractivity contribution in [3.63, 3.8) is 0 Å². The molecule has 5 heteroatoms. The summed E-state index contributed by atoms with van der Waals surface area (Å²) in [5.41, 5.74) is 13.7.